The number of fused-ring (bicyclic) bond motifs is 1. The molecule has 1 aromatic heterocycles. The Hall–Kier alpha value is -1.44. The fraction of sp³-hybridized carbons (Fsp3) is 0.263. The van der Waals surface area contributed by atoms with Gasteiger partial charge in [-0.15, -0.1) is 0 Å². The fourth-order valence-electron chi connectivity index (χ4n) is 2.68. The molecule has 3 heteroatoms. The average Bonchev–Trinajstić information content (AvgIpc) is 2.91. The predicted octanol–water partition coefficient (Wildman–Crippen LogP) is 6.53. The van der Waals surface area contributed by atoms with Crippen molar-refractivity contribution in [1.29, 1.82) is 0 Å². The van der Waals surface area contributed by atoms with Gasteiger partial charge in [0.05, 0.1) is 10.0 Å². The molecule has 0 fully saturated rings. The maximum absolute atomic E-state index is 6.04. The van der Waals surface area contributed by atoms with Crippen LogP contribution in [0, 0.1) is 13.8 Å². The first kappa shape index (κ1) is 15.5. The van der Waals surface area contributed by atoms with E-state index in [-0.39, 0.29) is 0 Å². The molecule has 0 unspecified atom stereocenters. The first-order valence-corrected chi connectivity index (χ1v) is 8.23. The molecule has 3 rings (SSSR count). The Balaban J connectivity index is 1.69. The van der Waals surface area contributed by atoms with E-state index in [0.717, 1.165) is 30.6 Å². The van der Waals surface area contributed by atoms with Crippen LogP contribution in [0.25, 0.3) is 11.0 Å². The van der Waals surface area contributed by atoms with Gasteiger partial charge >= 0.3 is 0 Å². The third-order valence-electron chi connectivity index (χ3n) is 4.13. The van der Waals surface area contributed by atoms with Gasteiger partial charge in [-0.1, -0.05) is 41.4 Å². The minimum absolute atomic E-state index is 0.605. The molecule has 0 aliphatic rings. The molecule has 114 valence electrons. The van der Waals surface area contributed by atoms with E-state index in [9.17, 15) is 0 Å². The van der Waals surface area contributed by atoms with Gasteiger partial charge in [0.25, 0.3) is 0 Å². The second-order valence-corrected chi connectivity index (χ2v) is 6.55. The Morgan fingerprint density at radius 1 is 0.909 bits per heavy atom. The van der Waals surface area contributed by atoms with Crippen LogP contribution in [0.15, 0.2) is 40.8 Å². The van der Waals surface area contributed by atoms with Crippen LogP contribution < -0.4 is 0 Å². The molecule has 1 heterocycles. The third kappa shape index (κ3) is 3.16. The highest BCUT2D eigenvalue weighted by Gasteiger charge is 2.08. The Morgan fingerprint density at radius 2 is 1.73 bits per heavy atom. The van der Waals surface area contributed by atoms with Crippen molar-refractivity contribution < 1.29 is 4.42 Å². The van der Waals surface area contributed by atoms with Gasteiger partial charge in [0.2, 0.25) is 0 Å². The SMILES string of the molecule is Cc1ccc2cc(CCCc3ccc(Cl)c(Cl)c3)oc2c1C. The summed E-state index contributed by atoms with van der Waals surface area (Å²) in [6.07, 6.45) is 2.91. The minimum Gasteiger partial charge on any atom is -0.461 e. The number of halogens is 2. The molecule has 22 heavy (non-hydrogen) atoms. The lowest BCUT2D eigenvalue weighted by Gasteiger charge is -2.02. The zero-order chi connectivity index (χ0) is 15.7. The fourth-order valence-corrected chi connectivity index (χ4v) is 3.00. The van der Waals surface area contributed by atoms with Crippen LogP contribution in [0.4, 0.5) is 0 Å². The highest BCUT2D eigenvalue weighted by Crippen LogP contribution is 2.27. The molecule has 0 saturated carbocycles. The maximum atomic E-state index is 6.04. The number of hydrogen-bond acceptors (Lipinski definition) is 1. The number of rotatable bonds is 4. The smallest absolute Gasteiger partial charge is 0.137 e. The summed E-state index contributed by atoms with van der Waals surface area (Å²) in [5.41, 5.74) is 4.72. The quantitative estimate of drug-likeness (QED) is 0.529. The van der Waals surface area contributed by atoms with Crippen molar-refractivity contribution >= 4 is 34.2 Å². The van der Waals surface area contributed by atoms with E-state index in [0.29, 0.717) is 10.0 Å². The molecule has 1 nitrogen and oxygen atoms in total. The van der Waals surface area contributed by atoms with Gasteiger partial charge in [0.1, 0.15) is 11.3 Å². The molecule has 0 aliphatic heterocycles. The average molecular weight is 333 g/mol. The lowest BCUT2D eigenvalue weighted by atomic mass is 10.1. The predicted molar refractivity (Wildman–Crippen MR) is 94.2 cm³/mol. The van der Waals surface area contributed by atoms with Gasteiger partial charge < -0.3 is 4.42 Å². The van der Waals surface area contributed by atoms with Crippen molar-refractivity contribution in [1.82, 2.24) is 0 Å². The van der Waals surface area contributed by atoms with Gasteiger partial charge in [0, 0.05) is 11.8 Å². The molecule has 0 spiro atoms. The summed E-state index contributed by atoms with van der Waals surface area (Å²) >= 11 is 12.0. The summed E-state index contributed by atoms with van der Waals surface area (Å²) < 4.78 is 6.01. The van der Waals surface area contributed by atoms with Crippen molar-refractivity contribution in [3.8, 4) is 0 Å². The van der Waals surface area contributed by atoms with E-state index in [1.54, 1.807) is 0 Å². The van der Waals surface area contributed by atoms with Crippen molar-refractivity contribution in [3.05, 3.63) is 68.9 Å². The van der Waals surface area contributed by atoms with E-state index >= 15 is 0 Å². The maximum Gasteiger partial charge on any atom is 0.137 e. The first-order chi connectivity index (χ1) is 10.5. The van der Waals surface area contributed by atoms with E-state index < -0.39 is 0 Å². The van der Waals surface area contributed by atoms with Crippen LogP contribution in [0.5, 0.6) is 0 Å². The van der Waals surface area contributed by atoms with Gasteiger partial charge in [-0.05, 0) is 61.6 Å². The van der Waals surface area contributed by atoms with Crippen molar-refractivity contribution in [3.63, 3.8) is 0 Å². The number of furan rings is 1. The molecule has 0 amide bonds. The number of hydrogen-bond donors (Lipinski definition) is 0. The molecular weight excluding hydrogens is 315 g/mol. The van der Waals surface area contributed by atoms with Crippen LogP contribution in [0.1, 0.15) is 28.9 Å². The summed E-state index contributed by atoms with van der Waals surface area (Å²) in [6.45, 7) is 4.22. The van der Waals surface area contributed by atoms with Gasteiger partial charge in [-0.2, -0.15) is 0 Å². The standard InChI is InChI=1S/C19H18Cl2O/c1-12-6-8-15-11-16(22-19(15)13(12)2)5-3-4-14-7-9-17(20)18(21)10-14/h6-11H,3-5H2,1-2H3. The second kappa shape index (κ2) is 6.36. The van der Waals surface area contributed by atoms with Crippen molar-refractivity contribution in [2.24, 2.45) is 0 Å². The Morgan fingerprint density at radius 3 is 2.50 bits per heavy atom. The molecular formula is C19H18Cl2O. The first-order valence-electron chi connectivity index (χ1n) is 7.47. The molecule has 0 bridgehead atoms. The number of aryl methyl sites for hydroxylation is 4. The van der Waals surface area contributed by atoms with Crippen LogP contribution in [0.3, 0.4) is 0 Å². The molecule has 0 radical (unpaired) electrons. The molecule has 0 saturated heterocycles. The van der Waals surface area contributed by atoms with Gasteiger partial charge in [0.15, 0.2) is 0 Å². The molecule has 0 atom stereocenters. The van der Waals surface area contributed by atoms with Gasteiger partial charge in [-0.25, -0.2) is 0 Å². The Kier molecular flexibility index (Phi) is 4.46. The molecule has 0 N–H and O–H groups in total. The van der Waals surface area contributed by atoms with Gasteiger partial charge in [-0.3, -0.25) is 0 Å². The molecule has 2 aromatic carbocycles. The highest BCUT2D eigenvalue weighted by molar-refractivity contribution is 6.42. The summed E-state index contributed by atoms with van der Waals surface area (Å²) in [5, 5.41) is 2.41. The summed E-state index contributed by atoms with van der Waals surface area (Å²) in [4.78, 5) is 0. The minimum atomic E-state index is 0.605. The summed E-state index contributed by atoms with van der Waals surface area (Å²) in [7, 11) is 0. The zero-order valence-corrected chi connectivity index (χ0v) is 14.3. The Bertz CT molecular complexity index is 818. The highest BCUT2D eigenvalue weighted by atomic mass is 35.5. The van der Waals surface area contributed by atoms with Crippen molar-refractivity contribution in [2.45, 2.75) is 33.1 Å². The zero-order valence-electron chi connectivity index (χ0n) is 12.7. The lowest BCUT2D eigenvalue weighted by Crippen LogP contribution is -1.89. The summed E-state index contributed by atoms with van der Waals surface area (Å²) in [6, 6.07) is 12.2. The molecule has 3 aromatic rings. The van der Waals surface area contributed by atoms with Crippen LogP contribution in [-0.4, -0.2) is 0 Å². The van der Waals surface area contributed by atoms with Crippen molar-refractivity contribution in [2.75, 3.05) is 0 Å². The van der Waals surface area contributed by atoms with E-state index in [4.69, 9.17) is 27.6 Å². The second-order valence-electron chi connectivity index (χ2n) is 5.74. The third-order valence-corrected chi connectivity index (χ3v) is 4.87. The largest absolute Gasteiger partial charge is 0.461 e. The van der Waals surface area contributed by atoms with E-state index in [1.807, 2.05) is 18.2 Å². The van der Waals surface area contributed by atoms with Crippen LogP contribution in [0.2, 0.25) is 10.0 Å². The lowest BCUT2D eigenvalue weighted by molar-refractivity contribution is 0.537. The summed E-state index contributed by atoms with van der Waals surface area (Å²) in [5.74, 6) is 1.05. The van der Waals surface area contributed by atoms with E-state index in [1.165, 1.54) is 22.1 Å². The monoisotopic (exact) mass is 332 g/mol. The Labute approximate surface area is 140 Å². The normalized spacial score (nSPS) is 11.3. The molecule has 0 aliphatic carbocycles. The number of benzene rings is 2. The topological polar surface area (TPSA) is 13.1 Å². The van der Waals surface area contributed by atoms with E-state index in [2.05, 4.69) is 32.0 Å². The van der Waals surface area contributed by atoms with Crippen LogP contribution in [-0.2, 0) is 12.8 Å². The van der Waals surface area contributed by atoms with Crippen LogP contribution >= 0.6 is 23.2 Å².